The first-order valence-electron chi connectivity index (χ1n) is 6.73. The lowest BCUT2D eigenvalue weighted by molar-refractivity contribution is -0.136. The van der Waals surface area contributed by atoms with E-state index in [2.05, 4.69) is 5.32 Å². The number of rotatable bonds is 4. The fourth-order valence-corrected chi connectivity index (χ4v) is 2.18. The summed E-state index contributed by atoms with van der Waals surface area (Å²) in [7, 11) is 0. The van der Waals surface area contributed by atoms with Gasteiger partial charge in [-0.25, -0.2) is 0 Å². The first kappa shape index (κ1) is 15.2. The molecule has 112 valence electrons. The van der Waals surface area contributed by atoms with Crippen LogP contribution >= 0.6 is 0 Å². The Morgan fingerprint density at radius 3 is 2.43 bits per heavy atom. The van der Waals surface area contributed by atoms with Crippen molar-refractivity contribution in [3.63, 3.8) is 0 Å². The zero-order valence-corrected chi connectivity index (χ0v) is 11.7. The molecule has 0 aliphatic carbocycles. The van der Waals surface area contributed by atoms with Crippen LogP contribution in [-0.4, -0.2) is 0 Å². The third kappa shape index (κ3) is 3.68. The van der Waals surface area contributed by atoms with Gasteiger partial charge in [-0.3, -0.25) is 0 Å². The van der Waals surface area contributed by atoms with Gasteiger partial charge in [0.1, 0.15) is 0 Å². The fourth-order valence-electron chi connectivity index (χ4n) is 2.18. The minimum absolute atomic E-state index is 0.0141. The minimum Gasteiger partial charge on any atom is -0.399 e. The Hall–Kier alpha value is -2.17. The molecule has 0 aromatic heterocycles. The highest BCUT2D eigenvalue weighted by molar-refractivity contribution is 5.68. The van der Waals surface area contributed by atoms with Crippen molar-refractivity contribution in [3.05, 3.63) is 53.6 Å². The van der Waals surface area contributed by atoms with E-state index >= 15 is 0 Å². The van der Waals surface area contributed by atoms with Crippen molar-refractivity contribution >= 4 is 17.1 Å². The number of benzene rings is 2. The van der Waals surface area contributed by atoms with E-state index in [4.69, 9.17) is 5.73 Å². The van der Waals surface area contributed by atoms with Gasteiger partial charge < -0.3 is 11.1 Å². The normalized spacial score (nSPS) is 11.4. The van der Waals surface area contributed by atoms with E-state index in [1.807, 2.05) is 19.1 Å². The first-order chi connectivity index (χ1) is 9.91. The van der Waals surface area contributed by atoms with Crippen molar-refractivity contribution in [1.82, 2.24) is 0 Å². The summed E-state index contributed by atoms with van der Waals surface area (Å²) < 4.78 is 39.3. The molecule has 0 saturated heterocycles. The zero-order valence-electron chi connectivity index (χ0n) is 11.7. The number of aryl methyl sites for hydroxylation is 1. The Kier molecular flexibility index (Phi) is 4.40. The van der Waals surface area contributed by atoms with E-state index in [9.17, 15) is 13.2 Å². The second-order valence-corrected chi connectivity index (χ2v) is 4.83. The molecule has 0 atom stereocenters. The molecule has 3 N–H and O–H groups in total. The molecule has 0 aliphatic rings. The van der Waals surface area contributed by atoms with Crippen LogP contribution in [0.3, 0.4) is 0 Å². The van der Waals surface area contributed by atoms with Crippen LogP contribution in [0.25, 0.3) is 0 Å². The molecule has 2 rings (SSSR count). The van der Waals surface area contributed by atoms with Crippen LogP contribution in [0.4, 0.5) is 30.2 Å². The molecule has 0 bridgehead atoms. The number of nitrogen functional groups attached to an aromatic ring is 1. The third-order valence-corrected chi connectivity index (χ3v) is 3.16. The molecule has 0 heterocycles. The van der Waals surface area contributed by atoms with E-state index in [1.54, 1.807) is 12.1 Å². The maximum Gasteiger partial charge on any atom is 0.418 e. The van der Waals surface area contributed by atoms with Gasteiger partial charge in [-0.15, -0.1) is 0 Å². The number of alkyl halides is 3. The van der Waals surface area contributed by atoms with Crippen LogP contribution in [0, 0.1) is 0 Å². The average Bonchev–Trinajstić information content (AvgIpc) is 2.42. The van der Waals surface area contributed by atoms with E-state index in [-0.39, 0.29) is 11.4 Å². The number of anilines is 3. The summed E-state index contributed by atoms with van der Waals surface area (Å²) in [6, 6.07) is 11.1. The Morgan fingerprint density at radius 1 is 1.05 bits per heavy atom. The highest BCUT2D eigenvalue weighted by Gasteiger charge is 2.33. The monoisotopic (exact) mass is 294 g/mol. The number of nitrogens with one attached hydrogen (secondary N) is 1. The number of hydrogen-bond donors (Lipinski definition) is 2. The van der Waals surface area contributed by atoms with E-state index < -0.39 is 11.7 Å². The molecule has 2 aromatic carbocycles. The molecule has 2 aromatic rings. The summed E-state index contributed by atoms with van der Waals surface area (Å²) in [6.45, 7) is 2.03. The van der Waals surface area contributed by atoms with Gasteiger partial charge in [0.05, 0.1) is 11.3 Å². The van der Waals surface area contributed by atoms with Crippen molar-refractivity contribution in [2.75, 3.05) is 11.1 Å². The first-order valence-corrected chi connectivity index (χ1v) is 6.73. The fraction of sp³-hybridized carbons (Fsp3) is 0.250. The summed E-state index contributed by atoms with van der Waals surface area (Å²) in [5.41, 5.74) is 6.50. The summed E-state index contributed by atoms with van der Waals surface area (Å²) in [5, 5.41) is 2.88. The van der Waals surface area contributed by atoms with Crippen LogP contribution in [0.2, 0.25) is 0 Å². The van der Waals surface area contributed by atoms with Gasteiger partial charge in [0.15, 0.2) is 0 Å². The highest BCUT2D eigenvalue weighted by atomic mass is 19.4. The Morgan fingerprint density at radius 2 is 1.76 bits per heavy atom. The second-order valence-electron chi connectivity index (χ2n) is 4.83. The molecular formula is C16H17F3N2. The third-order valence-electron chi connectivity index (χ3n) is 3.16. The second kappa shape index (κ2) is 6.08. The Labute approximate surface area is 121 Å². The molecule has 5 heteroatoms. The van der Waals surface area contributed by atoms with Crippen LogP contribution in [0.5, 0.6) is 0 Å². The van der Waals surface area contributed by atoms with Crippen molar-refractivity contribution in [2.45, 2.75) is 25.9 Å². The topological polar surface area (TPSA) is 38.0 Å². The Balaban J connectivity index is 2.41. The van der Waals surface area contributed by atoms with Gasteiger partial charge in [-0.05, 0) is 36.2 Å². The molecule has 0 radical (unpaired) electrons. The summed E-state index contributed by atoms with van der Waals surface area (Å²) >= 11 is 0. The van der Waals surface area contributed by atoms with Gasteiger partial charge in [-0.1, -0.05) is 31.5 Å². The summed E-state index contributed by atoms with van der Waals surface area (Å²) in [4.78, 5) is 0. The summed E-state index contributed by atoms with van der Waals surface area (Å²) in [5.74, 6) is 0. The molecular weight excluding hydrogens is 277 g/mol. The molecule has 21 heavy (non-hydrogen) atoms. The maximum absolute atomic E-state index is 13.1. The van der Waals surface area contributed by atoms with Gasteiger partial charge in [0.2, 0.25) is 0 Å². The number of halogens is 3. The van der Waals surface area contributed by atoms with Crippen LogP contribution in [-0.2, 0) is 12.6 Å². The lowest BCUT2D eigenvalue weighted by Gasteiger charge is -2.17. The van der Waals surface area contributed by atoms with E-state index in [0.29, 0.717) is 5.69 Å². The molecule has 0 saturated carbocycles. The predicted molar refractivity (Wildman–Crippen MR) is 79.6 cm³/mol. The molecule has 0 aliphatic heterocycles. The molecule has 0 amide bonds. The van der Waals surface area contributed by atoms with E-state index in [0.717, 1.165) is 24.5 Å². The molecule has 2 nitrogen and oxygen atoms in total. The molecule has 0 unspecified atom stereocenters. The zero-order chi connectivity index (χ0) is 15.5. The van der Waals surface area contributed by atoms with Gasteiger partial charge in [0.25, 0.3) is 0 Å². The van der Waals surface area contributed by atoms with Crippen molar-refractivity contribution < 1.29 is 13.2 Å². The van der Waals surface area contributed by atoms with Crippen molar-refractivity contribution in [1.29, 1.82) is 0 Å². The van der Waals surface area contributed by atoms with E-state index in [1.165, 1.54) is 12.1 Å². The van der Waals surface area contributed by atoms with Crippen molar-refractivity contribution in [2.24, 2.45) is 0 Å². The van der Waals surface area contributed by atoms with Crippen LogP contribution in [0.15, 0.2) is 42.5 Å². The number of para-hydroxylation sites is 1. The van der Waals surface area contributed by atoms with Gasteiger partial charge >= 0.3 is 6.18 Å². The molecule has 0 spiro atoms. The standard InChI is InChI=1S/C16H17F3N2/c1-2-5-11-6-3-4-7-14(11)21-15-9-8-12(20)10-13(15)16(17,18)19/h3-4,6-10,21H,2,5,20H2,1H3. The van der Waals surface area contributed by atoms with Crippen molar-refractivity contribution in [3.8, 4) is 0 Å². The maximum atomic E-state index is 13.1. The van der Waals surface area contributed by atoms with Crippen LogP contribution < -0.4 is 11.1 Å². The minimum atomic E-state index is -4.45. The molecule has 0 fully saturated rings. The predicted octanol–water partition coefficient (Wildman–Crippen LogP) is 4.98. The van der Waals surface area contributed by atoms with Crippen LogP contribution in [0.1, 0.15) is 24.5 Å². The SMILES string of the molecule is CCCc1ccccc1Nc1ccc(N)cc1C(F)(F)F. The average molecular weight is 294 g/mol. The lowest BCUT2D eigenvalue weighted by atomic mass is 10.1. The quantitative estimate of drug-likeness (QED) is 0.780. The highest BCUT2D eigenvalue weighted by Crippen LogP contribution is 2.37. The smallest absolute Gasteiger partial charge is 0.399 e. The lowest BCUT2D eigenvalue weighted by Crippen LogP contribution is -2.10. The summed E-state index contributed by atoms with van der Waals surface area (Å²) in [6.07, 6.45) is -2.72. The number of nitrogens with two attached hydrogens (primary N) is 1. The Bertz CT molecular complexity index is 621. The largest absolute Gasteiger partial charge is 0.418 e. The van der Waals surface area contributed by atoms with Gasteiger partial charge in [-0.2, -0.15) is 13.2 Å². The number of hydrogen-bond acceptors (Lipinski definition) is 2. The van der Waals surface area contributed by atoms with Gasteiger partial charge in [0, 0.05) is 11.4 Å².